The second-order valence-electron chi connectivity index (χ2n) is 14.2. The van der Waals surface area contributed by atoms with E-state index in [1.807, 2.05) is 0 Å². The van der Waals surface area contributed by atoms with Gasteiger partial charge in [0.1, 0.15) is 79.1 Å². The molecular formula is C45H26O18. The van der Waals surface area contributed by atoms with Gasteiger partial charge in [-0.15, -0.1) is 0 Å². The molecule has 314 valence electrons. The molecule has 12 N–H and O–H groups in total. The quantitative estimate of drug-likeness (QED) is 0.0791. The van der Waals surface area contributed by atoms with Gasteiger partial charge in [0.25, 0.3) is 0 Å². The van der Waals surface area contributed by atoms with Crippen molar-refractivity contribution in [2.24, 2.45) is 0 Å². The van der Waals surface area contributed by atoms with Crippen LogP contribution >= 0.6 is 0 Å². The largest absolute Gasteiger partial charge is 0.508 e. The van der Waals surface area contributed by atoms with Gasteiger partial charge in [-0.3, -0.25) is 14.4 Å². The summed E-state index contributed by atoms with van der Waals surface area (Å²) >= 11 is 0. The van der Waals surface area contributed by atoms with Gasteiger partial charge in [-0.05, 0) is 42.5 Å². The summed E-state index contributed by atoms with van der Waals surface area (Å²) in [4.78, 5) is 40.2. The molecule has 0 spiro atoms. The second kappa shape index (κ2) is 13.8. The predicted molar refractivity (Wildman–Crippen MR) is 222 cm³/mol. The van der Waals surface area contributed by atoms with Gasteiger partial charge < -0.3 is 74.5 Å². The van der Waals surface area contributed by atoms with Gasteiger partial charge in [0, 0.05) is 70.3 Å². The van der Waals surface area contributed by atoms with Crippen molar-refractivity contribution in [3.63, 3.8) is 0 Å². The van der Waals surface area contributed by atoms with E-state index in [-0.39, 0.29) is 44.8 Å². The Morgan fingerprint density at radius 3 is 1.44 bits per heavy atom. The summed E-state index contributed by atoms with van der Waals surface area (Å²) in [6.45, 7) is 0. The third kappa shape index (κ3) is 6.17. The van der Waals surface area contributed by atoms with Gasteiger partial charge in [0.2, 0.25) is 0 Å². The topological polar surface area (TPSA) is 333 Å². The van der Waals surface area contributed by atoms with Gasteiger partial charge in [-0.2, -0.15) is 0 Å². The molecule has 0 atom stereocenters. The van der Waals surface area contributed by atoms with E-state index >= 15 is 0 Å². The maximum absolute atomic E-state index is 13.7. The molecule has 0 bridgehead atoms. The number of hydrogen-bond acceptors (Lipinski definition) is 18. The standard InChI is InChI=1S/C45H26O18/c46-18-8-23(49)39-27(53)11-33(62-35(39)9-18)16-4-20(43(59)31(57)6-16)38-24(50)10-25(51)40-28(54)12-34(63-45(38)40)17-3-19(42(58)30(56)7-17)37-26(52)14-36-41(44(37)60)29(55)13-32(61-36)15-1-2-21(47)22(48)5-15/h1-14,46-52,56-60H. The zero-order valence-corrected chi connectivity index (χ0v) is 31.4. The normalized spacial score (nSPS) is 11.5. The van der Waals surface area contributed by atoms with Crippen LogP contribution in [0.2, 0.25) is 0 Å². The van der Waals surface area contributed by atoms with Gasteiger partial charge in [0.05, 0.1) is 11.1 Å². The zero-order valence-electron chi connectivity index (χ0n) is 31.4. The van der Waals surface area contributed by atoms with E-state index in [1.54, 1.807) is 0 Å². The summed E-state index contributed by atoms with van der Waals surface area (Å²) in [7, 11) is 0. The minimum Gasteiger partial charge on any atom is -0.508 e. The second-order valence-corrected chi connectivity index (χ2v) is 14.2. The average molecular weight is 855 g/mol. The SMILES string of the molecule is O=c1cc(-c2cc(O)c(O)c(-c3c(O)cc(O)c4c(=O)cc(-c5cc(O)c(O)c(-c6c(O)cc7oc(-c8ccc(O)c(O)c8)cc(=O)c7c6O)c5)oc34)c2)oc2cc(O)cc(O)c12. The van der Waals surface area contributed by atoms with Gasteiger partial charge in [0.15, 0.2) is 56.4 Å². The Morgan fingerprint density at radius 1 is 0.333 bits per heavy atom. The van der Waals surface area contributed by atoms with Crippen LogP contribution in [0.1, 0.15) is 0 Å². The number of hydrogen-bond donors (Lipinski definition) is 12. The van der Waals surface area contributed by atoms with Crippen LogP contribution in [0.15, 0.2) is 113 Å². The Morgan fingerprint density at radius 2 is 0.825 bits per heavy atom. The van der Waals surface area contributed by atoms with E-state index in [9.17, 15) is 75.7 Å². The number of benzene rings is 6. The molecule has 6 aromatic carbocycles. The lowest BCUT2D eigenvalue weighted by atomic mass is 9.95. The first-order valence-electron chi connectivity index (χ1n) is 18.1. The number of aromatic hydroxyl groups is 12. The lowest BCUT2D eigenvalue weighted by molar-refractivity contribution is 0.403. The minimum absolute atomic E-state index is 0.116. The van der Waals surface area contributed by atoms with Crippen LogP contribution in [-0.4, -0.2) is 61.3 Å². The molecule has 0 amide bonds. The van der Waals surface area contributed by atoms with Crippen LogP contribution in [0.4, 0.5) is 0 Å². The van der Waals surface area contributed by atoms with Crippen LogP contribution in [0, 0.1) is 0 Å². The molecule has 63 heavy (non-hydrogen) atoms. The highest BCUT2D eigenvalue weighted by atomic mass is 16.4. The van der Waals surface area contributed by atoms with Crippen LogP contribution < -0.4 is 16.3 Å². The molecule has 18 nitrogen and oxygen atoms in total. The smallest absolute Gasteiger partial charge is 0.197 e. The van der Waals surface area contributed by atoms with Crippen LogP contribution in [0.25, 0.3) is 89.1 Å². The highest BCUT2D eigenvalue weighted by Gasteiger charge is 2.27. The third-order valence-corrected chi connectivity index (χ3v) is 10.3. The van der Waals surface area contributed by atoms with E-state index in [4.69, 9.17) is 13.3 Å². The first kappa shape index (κ1) is 39.0. The van der Waals surface area contributed by atoms with Crippen LogP contribution in [0.5, 0.6) is 69.0 Å². The molecule has 0 aliphatic rings. The average Bonchev–Trinajstić information content (AvgIpc) is 3.20. The van der Waals surface area contributed by atoms with Crippen molar-refractivity contribution in [1.29, 1.82) is 0 Å². The fourth-order valence-corrected chi connectivity index (χ4v) is 7.38. The van der Waals surface area contributed by atoms with Gasteiger partial charge in [-0.25, -0.2) is 0 Å². The van der Waals surface area contributed by atoms with Crippen molar-refractivity contribution in [1.82, 2.24) is 0 Å². The predicted octanol–water partition coefficient (Wildman–Crippen LogP) is 6.81. The Labute approximate surface area is 347 Å². The molecule has 9 rings (SSSR count). The van der Waals surface area contributed by atoms with Crippen molar-refractivity contribution < 1.29 is 74.5 Å². The number of phenolic OH excluding ortho intramolecular Hbond substituents is 12. The van der Waals surface area contributed by atoms with Crippen molar-refractivity contribution in [2.75, 3.05) is 0 Å². The lowest BCUT2D eigenvalue weighted by Gasteiger charge is -2.16. The molecule has 3 aromatic heterocycles. The summed E-state index contributed by atoms with van der Waals surface area (Å²) in [5.41, 5.74) is -6.08. The molecular weight excluding hydrogens is 828 g/mol. The van der Waals surface area contributed by atoms with Gasteiger partial charge in [-0.1, -0.05) is 0 Å². The third-order valence-electron chi connectivity index (χ3n) is 10.3. The zero-order chi connectivity index (χ0) is 44.9. The molecule has 9 aromatic rings. The molecule has 0 saturated carbocycles. The van der Waals surface area contributed by atoms with E-state index in [1.165, 1.54) is 6.07 Å². The summed E-state index contributed by atoms with van der Waals surface area (Å²) in [6.07, 6.45) is 0. The Hall–Kier alpha value is -9.45. The van der Waals surface area contributed by atoms with Crippen molar-refractivity contribution in [3.05, 3.63) is 116 Å². The Kier molecular flexibility index (Phi) is 8.56. The molecule has 0 unspecified atom stereocenters. The Bertz CT molecular complexity index is 3670. The number of fused-ring (bicyclic) bond motifs is 3. The van der Waals surface area contributed by atoms with Crippen LogP contribution in [-0.2, 0) is 0 Å². The first-order valence-corrected chi connectivity index (χ1v) is 18.1. The van der Waals surface area contributed by atoms with E-state index < -0.39 is 130 Å². The first-order chi connectivity index (χ1) is 29.9. The van der Waals surface area contributed by atoms with E-state index in [0.29, 0.717) is 0 Å². The maximum atomic E-state index is 13.7. The molecule has 18 heteroatoms. The Balaban J connectivity index is 1.22. The van der Waals surface area contributed by atoms with Crippen LogP contribution in [0.3, 0.4) is 0 Å². The monoisotopic (exact) mass is 854 g/mol. The van der Waals surface area contributed by atoms with Crippen molar-refractivity contribution >= 4 is 32.9 Å². The summed E-state index contributed by atoms with van der Waals surface area (Å²) in [5.74, 6) is -9.70. The summed E-state index contributed by atoms with van der Waals surface area (Å²) in [5, 5.41) is 127. The molecule has 0 fully saturated rings. The molecule has 0 radical (unpaired) electrons. The number of rotatable bonds is 5. The van der Waals surface area contributed by atoms with Crippen molar-refractivity contribution in [2.45, 2.75) is 0 Å². The molecule has 3 heterocycles. The summed E-state index contributed by atoms with van der Waals surface area (Å²) < 4.78 is 17.6. The molecule has 0 aliphatic heterocycles. The number of phenols is 12. The fraction of sp³-hybridized carbons (Fsp3) is 0. The highest BCUT2D eigenvalue weighted by Crippen LogP contribution is 2.51. The van der Waals surface area contributed by atoms with E-state index in [2.05, 4.69) is 0 Å². The van der Waals surface area contributed by atoms with E-state index in [0.717, 1.165) is 78.9 Å². The minimum atomic E-state index is -0.967. The van der Waals surface area contributed by atoms with Crippen molar-refractivity contribution in [3.8, 4) is 125 Å². The fourth-order valence-electron chi connectivity index (χ4n) is 7.38. The van der Waals surface area contributed by atoms with Gasteiger partial charge >= 0.3 is 0 Å². The maximum Gasteiger partial charge on any atom is 0.197 e. The highest BCUT2D eigenvalue weighted by molar-refractivity contribution is 6.03. The summed E-state index contributed by atoms with van der Waals surface area (Å²) in [6, 6.07) is 14.0. The molecule has 0 saturated heterocycles. The molecule has 0 aliphatic carbocycles. The lowest BCUT2D eigenvalue weighted by Crippen LogP contribution is -2.03.